The van der Waals surface area contributed by atoms with Crippen molar-refractivity contribution in [3.63, 3.8) is 0 Å². The van der Waals surface area contributed by atoms with Crippen LogP contribution >= 0.6 is 0 Å². The van der Waals surface area contributed by atoms with Crippen LogP contribution < -0.4 is 9.64 Å². The molecule has 1 unspecified atom stereocenters. The summed E-state index contributed by atoms with van der Waals surface area (Å²) in [5, 5.41) is 0. The zero-order valence-corrected chi connectivity index (χ0v) is 16.1. The van der Waals surface area contributed by atoms with Gasteiger partial charge in [-0.2, -0.15) is 0 Å². The number of nitrogens with zero attached hydrogens (tertiary/aromatic N) is 2. The van der Waals surface area contributed by atoms with Crippen LogP contribution in [0.4, 0.5) is 10.1 Å². The summed E-state index contributed by atoms with van der Waals surface area (Å²) in [6, 6.07) is 13.2. The van der Waals surface area contributed by atoms with Gasteiger partial charge in [0.1, 0.15) is 11.6 Å². The monoisotopic (exact) mass is 404 g/mol. The lowest BCUT2D eigenvalue weighted by Crippen LogP contribution is -2.45. The number of amides is 1. The Morgan fingerprint density at radius 2 is 2.04 bits per heavy atom. The van der Waals surface area contributed by atoms with E-state index >= 15 is 0 Å². The minimum Gasteiger partial charge on any atom is -0.480 e. The molecule has 2 aromatic carbocycles. The number of para-hydroxylation sites is 1. The number of hydrogen-bond donors (Lipinski definition) is 0. The van der Waals surface area contributed by atoms with Gasteiger partial charge in [-0.15, -0.1) is 0 Å². The molecule has 0 aliphatic carbocycles. The average molecular weight is 404 g/mol. The van der Waals surface area contributed by atoms with Gasteiger partial charge >= 0.3 is 0 Å². The van der Waals surface area contributed by atoms with Gasteiger partial charge in [-0.25, -0.2) is 17.1 Å². The van der Waals surface area contributed by atoms with E-state index in [1.807, 2.05) is 24.3 Å². The van der Waals surface area contributed by atoms with Crippen LogP contribution in [0.3, 0.4) is 0 Å². The third-order valence-corrected chi connectivity index (χ3v) is 7.04. The maximum atomic E-state index is 13.8. The number of rotatable bonds is 5. The van der Waals surface area contributed by atoms with Gasteiger partial charge in [-0.1, -0.05) is 24.3 Å². The molecule has 4 rings (SSSR count). The first-order valence-electron chi connectivity index (χ1n) is 9.23. The summed E-state index contributed by atoms with van der Waals surface area (Å²) in [5.41, 5.74) is 1.34. The van der Waals surface area contributed by atoms with Crippen molar-refractivity contribution in [2.45, 2.75) is 18.9 Å². The number of carbonyl (C=O) groups excluding carboxylic acids is 1. The van der Waals surface area contributed by atoms with Gasteiger partial charge < -0.3 is 9.64 Å². The first kappa shape index (κ1) is 18.9. The first-order valence-corrected chi connectivity index (χ1v) is 10.8. The zero-order chi connectivity index (χ0) is 19.7. The lowest BCUT2D eigenvalue weighted by molar-refractivity contribution is -0.124. The van der Waals surface area contributed by atoms with Gasteiger partial charge in [0, 0.05) is 31.7 Å². The van der Waals surface area contributed by atoms with Gasteiger partial charge in [0.2, 0.25) is 10.0 Å². The van der Waals surface area contributed by atoms with Crippen molar-refractivity contribution < 1.29 is 22.3 Å². The molecule has 148 valence electrons. The maximum absolute atomic E-state index is 13.8. The van der Waals surface area contributed by atoms with E-state index in [-0.39, 0.29) is 24.7 Å². The molecular weight excluding hydrogens is 383 g/mol. The quantitative estimate of drug-likeness (QED) is 0.766. The second-order valence-electron chi connectivity index (χ2n) is 6.96. The van der Waals surface area contributed by atoms with Gasteiger partial charge in [0.25, 0.3) is 5.91 Å². The summed E-state index contributed by atoms with van der Waals surface area (Å²) < 4.78 is 45.1. The number of ether oxygens (including phenoxy) is 1. The van der Waals surface area contributed by atoms with Crippen molar-refractivity contribution in [2.24, 2.45) is 0 Å². The van der Waals surface area contributed by atoms with Crippen LogP contribution in [-0.2, 0) is 21.2 Å². The number of sulfonamides is 1. The lowest BCUT2D eigenvalue weighted by atomic mass is 10.1. The second kappa shape index (κ2) is 7.52. The van der Waals surface area contributed by atoms with Crippen molar-refractivity contribution in [1.29, 1.82) is 0 Å². The Morgan fingerprint density at radius 1 is 1.21 bits per heavy atom. The zero-order valence-electron chi connectivity index (χ0n) is 15.3. The van der Waals surface area contributed by atoms with Crippen LogP contribution in [0, 0.1) is 5.82 Å². The Labute approximate surface area is 163 Å². The third-order valence-electron chi connectivity index (χ3n) is 5.08. The average Bonchev–Trinajstić information content (AvgIpc) is 3.24. The third kappa shape index (κ3) is 3.74. The maximum Gasteiger partial charge on any atom is 0.268 e. The molecule has 2 aliphatic heterocycles. The van der Waals surface area contributed by atoms with Gasteiger partial charge in [-0.3, -0.25) is 4.79 Å². The number of carbonyl (C=O) groups is 1. The molecule has 0 bridgehead atoms. The molecule has 1 atom stereocenters. The predicted molar refractivity (Wildman–Crippen MR) is 103 cm³/mol. The Morgan fingerprint density at radius 3 is 2.75 bits per heavy atom. The fourth-order valence-corrected chi connectivity index (χ4v) is 5.18. The van der Waals surface area contributed by atoms with Crippen LogP contribution in [0.5, 0.6) is 5.75 Å². The van der Waals surface area contributed by atoms with E-state index in [0.29, 0.717) is 30.8 Å². The highest BCUT2D eigenvalue weighted by Gasteiger charge is 2.34. The van der Waals surface area contributed by atoms with Gasteiger partial charge in [0.15, 0.2) is 6.10 Å². The summed E-state index contributed by atoms with van der Waals surface area (Å²) >= 11 is 0. The molecule has 28 heavy (non-hydrogen) atoms. The van der Waals surface area contributed by atoms with E-state index in [9.17, 15) is 17.6 Å². The standard InChI is InChI=1S/C20H21FN2O4S/c21-16-6-3-7-17(14-16)23(11-10-22-9-4-12-28(22,25)26)20(24)19-13-15-5-1-2-8-18(15)27-19/h1-3,5-8,14,19H,4,9-13H2. The highest BCUT2D eigenvalue weighted by atomic mass is 32.2. The number of anilines is 1. The highest BCUT2D eigenvalue weighted by Crippen LogP contribution is 2.30. The summed E-state index contributed by atoms with van der Waals surface area (Å²) in [4.78, 5) is 14.6. The van der Waals surface area contributed by atoms with Crippen molar-refractivity contribution in [2.75, 3.05) is 30.3 Å². The summed E-state index contributed by atoms with van der Waals surface area (Å²) in [5.74, 6) is 0.0300. The molecule has 0 aromatic heterocycles. The minimum absolute atomic E-state index is 0.127. The fourth-order valence-electron chi connectivity index (χ4n) is 3.66. The van der Waals surface area contributed by atoms with Crippen molar-refractivity contribution in [1.82, 2.24) is 4.31 Å². The molecular formula is C20H21FN2O4S. The fraction of sp³-hybridized carbons (Fsp3) is 0.350. The topological polar surface area (TPSA) is 66.9 Å². The minimum atomic E-state index is -3.27. The van der Waals surface area contributed by atoms with Gasteiger partial charge in [-0.05, 0) is 36.2 Å². The van der Waals surface area contributed by atoms with Gasteiger partial charge in [0.05, 0.1) is 5.75 Å². The van der Waals surface area contributed by atoms with Crippen LogP contribution in [-0.4, -0.2) is 50.1 Å². The molecule has 1 saturated heterocycles. The second-order valence-corrected chi connectivity index (χ2v) is 9.05. The molecule has 0 spiro atoms. The number of benzene rings is 2. The van der Waals surface area contributed by atoms with Crippen LogP contribution in [0.2, 0.25) is 0 Å². The molecule has 2 aliphatic rings. The molecule has 2 heterocycles. The molecule has 6 nitrogen and oxygen atoms in total. The van der Waals surface area contributed by atoms with E-state index in [0.717, 1.165) is 5.56 Å². The highest BCUT2D eigenvalue weighted by molar-refractivity contribution is 7.89. The van der Waals surface area contributed by atoms with Crippen molar-refractivity contribution in [3.8, 4) is 5.75 Å². The number of fused-ring (bicyclic) bond motifs is 1. The Balaban J connectivity index is 1.55. The van der Waals surface area contributed by atoms with E-state index in [4.69, 9.17) is 4.74 Å². The molecule has 0 N–H and O–H groups in total. The van der Waals surface area contributed by atoms with E-state index < -0.39 is 21.9 Å². The number of halogens is 1. The molecule has 0 saturated carbocycles. The Kier molecular flexibility index (Phi) is 5.07. The Bertz CT molecular complexity index is 970. The Hall–Kier alpha value is -2.45. The molecule has 2 aromatic rings. The summed E-state index contributed by atoms with van der Waals surface area (Å²) in [6.07, 6.45) is 0.302. The van der Waals surface area contributed by atoms with Crippen LogP contribution in [0.15, 0.2) is 48.5 Å². The summed E-state index contributed by atoms with van der Waals surface area (Å²) in [7, 11) is -3.27. The lowest BCUT2D eigenvalue weighted by Gasteiger charge is -2.27. The number of hydrogen-bond acceptors (Lipinski definition) is 4. The van der Waals surface area contributed by atoms with E-state index in [1.54, 1.807) is 6.07 Å². The van der Waals surface area contributed by atoms with Crippen LogP contribution in [0.25, 0.3) is 0 Å². The largest absolute Gasteiger partial charge is 0.480 e. The molecule has 8 heteroatoms. The molecule has 0 radical (unpaired) electrons. The molecule has 1 fully saturated rings. The summed E-state index contributed by atoms with van der Waals surface area (Å²) in [6.45, 7) is 0.751. The smallest absolute Gasteiger partial charge is 0.268 e. The van der Waals surface area contributed by atoms with E-state index in [2.05, 4.69) is 0 Å². The van der Waals surface area contributed by atoms with E-state index in [1.165, 1.54) is 27.4 Å². The van der Waals surface area contributed by atoms with Crippen molar-refractivity contribution >= 4 is 21.6 Å². The SMILES string of the molecule is O=C(C1Cc2ccccc2O1)N(CCN1CCCS1(=O)=O)c1cccc(F)c1. The predicted octanol–water partition coefficient (Wildman–Crippen LogP) is 2.20. The van der Waals surface area contributed by atoms with Crippen molar-refractivity contribution in [3.05, 3.63) is 59.9 Å². The normalized spacial score (nSPS) is 20.5. The first-order chi connectivity index (χ1) is 13.4. The van der Waals surface area contributed by atoms with Crippen LogP contribution in [0.1, 0.15) is 12.0 Å². The molecule has 1 amide bonds.